The molecule has 1 heterocycles. The highest BCUT2D eigenvalue weighted by Gasteiger charge is 2.27. The molecule has 0 bridgehead atoms. The Morgan fingerprint density at radius 2 is 1.95 bits per heavy atom. The second kappa shape index (κ2) is 6.49. The first-order chi connectivity index (χ1) is 10.3. The van der Waals surface area contributed by atoms with Crippen LogP contribution in [0.5, 0.6) is 0 Å². The third kappa shape index (κ3) is 4.08. The van der Waals surface area contributed by atoms with Gasteiger partial charge in [0.25, 0.3) is 5.91 Å². The number of nitrogens with zero attached hydrogens (tertiary/aromatic N) is 1. The van der Waals surface area contributed by atoms with Crippen molar-refractivity contribution in [3.8, 4) is 0 Å². The predicted octanol–water partition coefficient (Wildman–Crippen LogP) is 0.821. The van der Waals surface area contributed by atoms with Gasteiger partial charge in [-0.3, -0.25) is 4.79 Å². The van der Waals surface area contributed by atoms with Crippen molar-refractivity contribution in [1.82, 2.24) is 10.2 Å². The molecule has 3 N–H and O–H groups in total. The highest BCUT2D eigenvalue weighted by molar-refractivity contribution is 6.83. The first-order valence-electron chi connectivity index (χ1n) is 7.36. The summed E-state index contributed by atoms with van der Waals surface area (Å²) in [5.74, 6) is 0.130. The van der Waals surface area contributed by atoms with Gasteiger partial charge in [0, 0.05) is 25.2 Å². The Balaban J connectivity index is 1.96. The fraction of sp³-hybridized carbons (Fsp3) is 0.467. The zero-order valence-electron chi connectivity index (χ0n) is 12.9. The molecule has 1 aliphatic rings. The minimum Gasteiger partial charge on any atom is -0.465 e. The van der Waals surface area contributed by atoms with Crippen molar-refractivity contribution in [3.63, 3.8) is 0 Å². The molecule has 6 nitrogen and oxygen atoms in total. The van der Waals surface area contributed by atoms with E-state index in [0.29, 0.717) is 25.2 Å². The molecule has 1 unspecified atom stereocenters. The summed E-state index contributed by atoms with van der Waals surface area (Å²) in [6.45, 7) is 5.27. The number of benzene rings is 1. The van der Waals surface area contributed by atoms with Crippen LogP contribution >= 0.6 is 0 Å². The van der Waals surface area contributed by atoms with Gasteiger partial charge < -0.3 is 20.1 Å². The Morgan fingerprint density at radius 3 is 2.50 bits per heavy atom. The Morgan fingerprint density at radius 1 is 1.32 bits per heavy atom. The lowest BCUT2D eigenvalue weighted by Gasteiger charge is -2.18. The molecule has 1 fully saturated rings. The van der Waals surface area contributed by atoms with Crippen molar-refractivity contribution in [2.45, 2.75) is 19.5 Å². The summed E-state index contributed by atoms with van der Waals surface area (Å²) in [5, 5.41) is 11.9. The highest BCUT2D eigenvalue weighted by Crippen LogP contribution is 2.18. The van der Waals surface area contributed by atoms with Crippen LogP contribution < -0.4 is 10.5 Å². The van der Waals surface area contributed by atoms with E-state index in [1.54, 1.807) is 17.0 Å². The first kappa shape index (κ1) is 16.5. The lowest BCUT2D eigenvalue weighted by atomic mass is 10.1. The average Bonchev–Trinajstić information content (AvgIpc) is 2.92. The van der Waals surface area contributed by atoms with E-state index in [4.69, 9.17) is 5.11 Å². The van der Waals surface area contributed by atoms with E-state index in [1.807, 2.05) is 25.2 Å². The van der Waals surface area contributed by atoms with Crippen LogP contribution in [0.4, 0.5) is 4.79 Å². The summed E-state index contributed by atoms with van der Waals surface area (Å²) in [7, 11) is -2.34. The van der Waals surface area contributed by atoms with Crippen LogP contribution in [0.25, 0.3) is 0 Å². The van der Waals surface area contributed by atoms with Gasteiger partial charge in [0.05, 0.1) is 0 Å². The minimum atomic E-state index is -2.34. The monoisotopic (exact) mass is 322 g/mol. The van der Waals surface area contributed by atoms with Gasteiger partial charge in [-0.2, -0.15) is 0 Å². The van der Waals surface area contributed by atoms with Gasteiger partial charge in [-0.25, -0.2) is 4.79 Å². The quantitative estimate of drug-likeness (QED) is 0.716. The van der Waals surface area contributed by atoms with E-state index < -0.39 is 14.4 Å². The number of amides is 2. The fourth-order valence-electron chi connectivity index (χ4n) is 2.62. The number of hydrogen-bond donors (Lipinski definition) is 3. The number of carboxylic acid groups (broad SMARTS) is 1. The van der Waals surface area contributed by atoms with Crippen LogP contribution in [0, 0.1) is 5.92 Å². The van der Waals surface area contributed by atoms with Crippen molar-refractivity contribution in [2.75, 3.05) is 19.6 Å². The molecule has 1 aliphatic heterocycles. The molecule has 2 rings (SSSR count). The van der Waals surface area contributed by atoms with Crippen LogP contribution in [0.15, 0.2) is 24.3 Å². The predicted molar refractivity (Wildman–Crippen MR) is 85.8 cm³/mol. The molecule has 1 atom stereocenters. The molecule has 0 aliphatic carbocycles. The summed E-state index contributed by atoms with van der Waals surface area (Å²) in [4.78, 5) is 34.7. The van der Waals surface area contributed by atoms with Crippen LogP contribution in [-0.4, -0.2) is 54.8 Å². The van der Waals surface area contributed by atoms with Gasteiger partial charge in [-0.15, -0.1) is 0 Å². The molecule has 0 spiro atoms. The van der Waals surface area contributed by atoms with Crippen molar-refractivity contribution < 1.29 is 19.5 Å². The summed E-state index contributed by atoms with van der Waals surface area (Å²) < 4.78 is 0. The summed E-state index contributed by atoms with van der Waals surface area (Å²) in [5.41, 5.74) is 0.605. The number of nitrogens with one attached hydrogen (secondary N) is 1. The molecule has 22 heavy (non-hydrogen) atoms. The first-order valence-corrected chi connectivity index (χ1v) is 10.3. The molecule has 7 heteroatoms. The molecular weight excluding hydrogens is 300 g/mol. The van der Waals surface area contributed by atoms with Gasteiger partial charge in [-0.1, -0.05) is 12.1 Å². The lowest BCUT2D eigenvalue weighted by Crippen LogP contribution is -2.41. The van der Waals surface area contributed by atoms with Crippen LogP contribution in [-0.2, 0) is 0 Å². The normalized spacial score (nSPS) is 18.3. The third-order valence-electron chi connectivity index (χ3n) is 3.95. The van der Waals surface area contributed by atoms with Crippen LogP contribution in [0.2, 0.25) is 13.1 Å². The van der Waals surface area contributed by atoms with E-state index in [2.05, 4.69) is 5.32 Å². The maximum absolute atomic E-state index is 12.4. The molecule has 1 saturated heterocycles. The second-order valence-corrected chi connectivity index (χ2v) is 9.92. The summed E-state index contributed by atoms with van der Waals surface area (Å²) in [6.07, 6.45) is -0.225. The summed E-state index contributed by atoms with van der Waals surface area (Å²) in [6, 6.07) is 7.15. The van der Waals surface area contributed by atoms with Gasteiger partial charge >= 0.3 is 6.09 Å². The Kier molecular flexibility index (Phi) is 4.87. The Labute approximate surface area is 130 Å². The molecule has 120 valence electrons. The topological polar surface area (TPSA) is 89.9 Å². The smallest absolute Gasteiger partial charge is 0.404 e. The van der Waals surface area contributed by atoms with E-state index in [0.717, 1.165) is 11.6 Å². The summed E-state index contributed by atoms with van der Waals surface area (Å²) >= 11 is 0. The zero-order chi connectivity index (χ0) is 16.3. The minimum absolute atomic E-state index is 0.0400. The van der Waals surface area contributed by atoms with Gasteiger partial charge in [0.2, 0.25) is 8.32 Å². The van der Waals surface area contributed by atoms with E-state index in [-0.39, 0.29) is 11.8 Å². The molecular formula is C15H22N2O4Si. The molecule has 0 aromatic heterocycles. The number of hydrogen-bond acceptors (Lipinski definition) is 3. The van der Waals surface area contributed by atoms with Gasteiger partial charge in [0.1, 0.15) is 0 Å². The maximum Gasteiger partial charge on any atom is 0.404 e. The van der Waals surface area contributed by atoms with Crippen molar-refractivity contribution >= 4 is 25.5 Å². The largest absolute Gasteiger partial charge is 0.465 e. The third-order valence-corrected chi connectivity index (χ3v) is 5.70. The van der Waals surface area contributed by atoms with Crippen LogP contribution in [0.1, 0.15) is 16.8 Å². The van der Waals surface area contributed by atoms with E-state index in [1.165, 1.54) is 0 Å². The molecule has 1 aromatic carbocycles. The Hall–Kier alpha value is -1.86. The molecule has 0 radical (unpaired) electrons. The standard InChI is InChI=1S/C15H22N2O4Si/c1-22(2,21)13-5-3-12(4-6-13)14(18)17-8-7-11(10-17)9-16-15(19)20/h3-6,11,16,21H,7-10H2,1-2H3,(H,19,20). The highest BCUT2D eigenvalue weighted by atomic mass is 28.4. The lowest BCUT2D eigenvalue weighted by molar-refractivity contribution is 0.0787. The van der Waals surface area contributed by atoms with E-state index in [9.17, 15) is 14.4 Å². The second-order valence-electron chi connectivity index (χ2n) is 6.23. The SMILES string of the molecule is C[Si](C)(O)c1ccc(C(=O)N2CCC(CNC(=O)O)C2)cc1. The molecule has 0 saturated carbocycles. The van der Waals surface area contributed by atoms with Gasteiger partial charge in [0.15, 0.2) is 0 Å². The van der Waals surface area contributed by atoms with Gasteiger partial charge in [-0.05, 0) is 42.8 Å². The number of rotatable bonds is 4. The number of carbonyl (C=O) groups is 2. The van der Waals surface area contributed by atoms with Crippen molar-refractivity contribution in [3.05, 3.63) is 29.8 Å². The van der Waals surface area contributed by atoms with Crippen LogP contribution in [0.3, 0.4) is 0 Å². The van der Waals surface area contributed by atoms with Crippen molar-refractivity contribution in [1.29, 1.82) is 0 Å². The molecule has 1 aromatic rings. The maximum atomic E-state index is 12.4. The zero-order valence-corrected chi connectivity index (χ0v) is 13.9. The fourth-order valence-corrected chi connectivity index (χ4v) is 3.60. The Bertz CT molecular complexity index is 554. The number of likely N-dealkylation sites (tertiary alicyclic amines) is 1. The number of carbonyl (C=O) groups excluding carboxylic acids is 1. The van der Waals surface area contributed by atoms with Crippen molar-refractivity contribution in [2.24, 2.45) is 5.92 Å². The van der Waals surface area contributed by atoms with E-state index >= 15 is 0 Å². The molecule has 2 amide bonds. The average molecular weight is 322 g/mol.